The van der Waals surface area contributed by atoms with Crippen LogP contribution in [0.3, 0.4) is 0 Å². The van der Waals surface area contributed by atoms with Gasteiger partial charge in [-0.15, -0.1) is 0 Å². The number of benzene rings is 2. The van der Waals surface area contributed by atoms with E-state index in [1.54, 1.807) is 19.2 Å². The number of phenolic OH excluding ortho intramolecular Hbond substituents is 1. The van der Waals surface area contributed by atoms with Crippen LogP contribution in [0.5, 0.6) is 23.0 Å². The maximum absolute atomic E-state index is 11.7. The smallest absolute Gasteiger partial charge is 0.306 e. The Morgan fingerprint density at radius 3 is 2.00 bits per heavy atom. The van der Waals surface area contributed by atoms with Gasteiger partial charge < -0.3 is 53.4 Å². The molecule has 0 unspecified atom stereocenters. The van der Waals surface area contributed by atoms with Gasteiger partial charge in [-0.2, -0.15) is 5.26 Å². The number of unbranched alkanes of at least 4 members (excludes halogenated alkanes) is 5. The van der Waals surface area contributed by atoms with E-state index >= 15 is 0 Å². The number of ether oxygens (including phenoxy) is 7. The van der Waals surface area contributed by atoms with Crippen LogP contribution in [0.25, 0.3) is 10.9 Å². The van der Waals surface area contributed by atoms with Gasteiger partial charge in [0.15, 0.2) is 11.5 Å². The number of hydrogen-bond acceptors (Lipinski definition) is 14. The van der Waals surface area contributed by atoms with Crippen LogP contribution in [0.2, 0.25) is 5.02 Å². The van der Waals surface area contributed by atoms with Gasteiger partial charge in [0.2, 0.25) is 0 Å². The molecule has 2 aromatic carbocycles. The maximum atomic E-state index is 11.7. The van der Waals surface area contributed by atoms with Gasteiger partial charge >= 0.3 is 5.97 Å². The third kappa shape index (κ3) is 17.1. The number of carbonyl (C=O) groups excluding carboxylic acids is 1. The zero-order valence-corrected chi connectivity index (χ0v) is 37.1. The minimum atomic E-state index is -0.420. The molecule has 332 valence electrons. The fourth-order valence-electron chi connectivity index (χ4n) is 6.81. The van der Waals surface area contributed by atoms with Gasteiger partial charge in [0.1, 0.15) is 23.2 Å². The number of halogens is 1. The Morgan fingerprint density at radius 1 is 0.783 bits per heavy atom. The van der Waals surface area contributed by atoms with E-state index in [-0.39, 0.29) is 16.7 Å². The molecule has 1 aromatic heterocycles. The van der Waals surface area contributed by atoms with Gasteiger partial charge in [0.25, 0.3) is 0 Å². The number of nitrogens with one attached hydrogen (secondary N) is 1. The standard InChI is InChI=1S/C45H66ClN5O9/c1-45(2,3)60-43(53)14-9-8-12-22-57-25-27-58-26-24-56-21-11-7-6-10-15-50-17-19-51(20-18-50)16-13-23-59-42-30-37-35(28-41(42)55-5)44(34(32-47)33-48-37)49-38-31-40(54-4)36(46)29-39(38)52/h28-31,33,52H,6-27H2,1-5H3,(H,48,49). The number of anilines is 2. The average Bonchev–Trinajstić information content (AvgIpc) is 3.22. The van der Waals surface area contributed by atoms with Crippen LogP contribution in [0.1, 0.15) is 84.1 Å². The van der Waals surface area contributed by atoms with E-state index in [2.05, 4.69) is 26.2 Å². The Labute approximate surface area is 361 Å². The van der Waals surface area contributed by atoms with E-state index in [0.717, 1.165) is 78.0 Å². The fraction of sp³-hybridized carbons (Fsp3) is 0.622. The van der Waals surface area contributed by atoms with Crippen molar-refractivity contribution in [2.75, 3.05) is 105 Å². The lowest BCUT2D eigenvalue weighted by Crippen LogP contribution is -2.46. The number of methoxy groups -OCH3 is 2. The highest BCUT2D eigenvalue weighted by atomic mass is 35.5. The summed E-state index contributed by atoms with van der Waals surface area (Å²) in [4.78, 5) is 21.3. The summed E-state index contributed by atoms with van der Waals surface area (Å²) in [7, 11) is 3.07. The molecule has 14 nitrogen and oxygen atoms in total. The number of rotatable bonds is 28. The van der Waals surface area contributed by atoms with Gasteiger partial charge in [-0.1, -0.05) is 30.9 Å². The Balaban J connectivity index is 1.01. The molecule has 0 saturated carbocycles. The molecule has 2 N–H and O–H groups in total. The molecule has 1 saturated heterocycles. The Morgan fingerprint density at radius 2 is 1.38 bits per heavy atom. The highest BCUT2D eigenvalue weighted by Crippen LogP contribution is 2.41. The molecule has 4 rings (SSSR count). The van der Waals surface area contributed by atoms with Gasteiger partial charge in [0, 0.05) is 82.1 Å². The summed E-state index contributed by atoms with van der Waals surface area (Å²) in [6, 6.07) is 8.73. The number of aromatic nitrogens is 1. The first-order valence-corrected chi connectivity index (χ1v) is 21.7. The molecule has 1 aliphatic rings. The molecule has 0 atom stereocenters. The van der Waals surface area contributed by atoms with Gasteiger partial charge in [-0.3, -0.25) is 9.78 Å². The van der Waals surface area contributed by atoms with Crippen LogP contribution in [-0.2, 0) is 23.7 Å². The SMILES string of the molecule is COc1cc(Nc2c(C#N)cnc3cc(OCCCN4CCN(CCCCCCOCCOCCOCCCCCC(=O)OC(C)(C)C)CC4)c(OC)cc23)c(O)cc1Cl. The molecule has 3 aromatic rings. The van der Waals surface area contributed by atoms with Crippen molar-refractivity contribution >= 4 is 39.8 Å². The first kappa shape index (κ1) is 48.6. The van der Waals surface area contributed by atoms with Crippen LogP contribution < -0.4 is 19.5 Å². The first-order valence-electron chi connectivity index (χ1n) is 21.3. The summed E-state index contributed by atoms with van der Waals surface area (Å²) in [5, 5.41) is 24.5. The third-order valence-corrected chi connectivity index (χ3v) is 10.3. The number of pyridine rings is 1. The normalized spacial score (nSPS) is 13.6. The van der Waals surface area contributed by atoms with Crippen molar-refractivity contribution < 1.29 is 43.1 Å². The molecule has 0 radical (unpaired) electrons. The van der Waals surface area contributed by atoms with Gasteiger partial charge in [-0.25, -0.2) is 0 Å². The average molecular weight is 857 g/mol. The minimum Gasteiger partial charge on any atom is -0.506 e. The molecule has 15 heteroatoms. The maximum Gasteiger partial charge on any atom is 0.306 e. The molecular formula is C45H66ClN5O9. The van der Waals surface area contributed by atoms with E-state index in [9.17, 15) is 15.2 Å². The minimum absolute atomic E-state index is 0.0902. The van der Waals surface area contributed by atoms with Crippen LogP contribution in [0, 0.1) is 11.3 Å². The summed E-state index contributed by atoms with van der Waals surface area (Å²) in [5.41, 5.74) is 1.27. The van der Waals surface area contributed by atoms with Crippen LogP contribution >= 0.6 is 11.6 Å². The lowest BCUT2D eigenvalue weighted by Gasteiger charge is -2.34. The molecule has 1 fully saturated rings. The number of nitrogens with zero attached hydrogens (tertiary/aromatic N) is 4. The Kier molecular flexibility index (Phi) is 21.3. The van der Waals surface area contributed by atoms with Crippen molar-refractivity contribution in [3.05, 3.63) is 41.0 Å². The zero-order chi connectivity index (χ0) is 43.2. The number of phenols is 1. The van der Waals surface area contributed by atoms with Crippen LogP contribution in [-0.4, -0.2) is 131 Å². The van der Waals surface area contributed by atoms with Crippen molar-refractivity contribution in [2.45, 2.75) is 84.2 Å². The van der Waals surface area contributed by atoms with E-state index in [1.165, 1.54) is 38.6 Å². The third-order valence-electron chi connectivity index (χ3n) is 9.99. The number of aromatic hydroxyl groups is 1. The number of nitriles is 1. The molecule has 60 heavy (non-hydrogen) atoms. The van der Waals surface area contributed by atoms with Gasteiger partial charge in [0.05, 0.1) is 74.7 Å². The molecule has 0 aliphatic carbocycles. The highest BCUT2D eigenvalue weighted by Gasteiger charge is 2.19. The van der Waals surface area contributed by atoms with Gasteiger partial charge in [-0.05, 0) is 65.5 Å². The summed E-state index contributed by atoms with van der Waals surface area (Å²) >= 11 is 6.16. The second-order valence-corrected chi connectivity index (χ2v) is 16.2. The van der Waals surface area contributed by atoms with E-state index < -0.39 is 5.60 Å². The summed E-state index contributed by atoms with van der Waals surface area (Å²) in [5.74, 6) is 1.25. The Bertz CT molecular complexity index is 1790. The fourth-order valence-corrected chi connectivity index (χ4v) is 7.05. The lowest BCUT2D eigenvalue weighted by atomic mass is 10.1. The van der Waals surface area contributed by atoms with Crippen LogP contribution in [0.4, 0.5) is 11.4 Å². The monoisotopic (exact) mass is 855 g/mol. The predicted octanol–water partition coefficient (Wildman–Crippen LogP) is 8.13. The number of piperazine rings is 1. The molecule has 0 bridgehead atoms. The molecule has 1 aliphatic heterocycles. The molecule has 0 spiro atoms. The number of esters is 1. The van der Waals surface area contributed by atoms with Crippen LogP contribution in [0.15, 0.2) is 30.5 Å². The zero-order valence-electron chi connectivity index (χ0n) is 36.3. The first-order chi connectivity index (χ1) is 29.0. The molecule has 2 heterocycles. The quantitative estimate of drug-likeness (QED) is 0.0410. The predicted molar refractivity (Wildman–Crippen MR) is 234 cm³/mol. The van der Waals surface area contributed by atoms with Crippen molar-refractivity contribution in [1.82, 2.24) is 14.8 Å². The summed E-state index contributed by atoms with van der Waals surface area (Å²) < 4.78 is 39.5. The van der Waals surface area contributed by atoms with E-state index in [1.807, 2.05) is 26.8 Å². The summed E-state index contributed by atoms with van der Waals surface area (Å²) in [6.07, 6.45) is 10.2. The van der Waals surface area contributed by atoms with Crippen molar-refractivity contribution in [3.63, 3.8) is 0 Å². The Hall–Kier alpha value is -4.10. The largest absolute Gasteiger partial charge is 0.506 e. The highest BCUT2D eigenvalue weighted by molar-refractivity contribution is 6.32. The second kappa shape index (κ2) is 26.3. The van der Waals surface area contributed by atoms with E-state index in [4.69, 9.17) is 44.8 Å². The molecular weight excluding hydrogens is 790 g/mol. The van der Waals surface area contributed by atoms with E-state index in [0.29, 0.717) is 91.2 Å². The second-order valence-electron chi connectivity index (χ2n) is 15.8. The lowest BCUT2D eigenvalue weighted by molar-refractivity contribution is -0.154. The number of fused-ring (bicyclic) bond motifs is 1. The van der Waals surface area contributed by atoms with Crippen molar-refractivity contribution in [3.8, 4) is 29.1 Å². The summed E-state index contributed by atoms with van der Waals surface area (Å²) in [6.45, 7) is 16.3. The number of hydrogen-bond donors (Lipinski definition) is 2. The van der Waals surface area contributed by atoms with Crippen molar-refractivity contribution in [2.24, 2.45) is 0 Å². The molecule has 0 amide bonds. The van der Waals surface area contributed by atoms with Crippen molar-refractivity contribution in [1.29, 1.82) is 5.26 Å². The topological polar surface area (TPSA) is 157 Å². The number of carbonyl (C=O) groups is 1.